The van der Waals surface area contributed by atoms with Crippen LogP contribution < -0.4 is 18.9 Å². The third kappa shape index (κ3) is 10.1. The smallest absolute Gasteiger partial charge is 0.327 e. The maximum absolute atomic E-state index is 10.9. The maximum Gasteiger partial charge on any atom is 0.327 e. The van der Waals surface area contributed by atoms with Crippen molar-refractivity contribution >= 4 is 11.9 Å². The highest BCUT2D eigenvalue weighted by molar-refractivity contribution is 5.79. The second-order valence-electron chi connectivity index (χ2n) is 8.03. The van der Waals surface area contributed by atoms with E-state index in [-0.39, 0.29) is 23.0 Å². The van der Waals surface area contributed by atoms with E-state index in [1.165, 1.54) is 0 Å². The molecule has 0 unspecified atom stereocenters. The van der Waals surface area contributed by atoms with Gasteiger partial charge in [-0.3, -0.25) is 0 Å². The molecule has 0 aliphatic rings. The number of hydrogen-bond donors (Lipinski definition) is 4. The first-order chi connectivity index (χ1) is 18.4. The maximum atomic E-state index is 10.9. The molecule has 0 saturated heterocycles. The van der Waals surface area contributed by atoms with E-state index in [1.807, 2.05) is 53.7 Å². The zero-order valence-corrected chi connectivity index (χ0v) is 23.4. The number of carboxylic acids is 2. The standard InChI is InChI=1S/C23H32O6.2C3H4O2/c1-7-26-19-17(23(5,6)15-11-13-16(24)14-12-15)20(27-8-2)22(29-10-4)18(25)21(19)28-9-3;2*1-2-3(4)5/h11-14,24-25H,7-10H2,1-6H3;2*2H,1H2,(H,4,5). The second kappa shape index (κ2) is 17.2. The Hall–Kier alpha value is -4.34. The molecular weight excluding hydrogens is 508 g/mol. The quantitative estimate of drug-likeness (QED) is 0.249. The zero-order valence-electron chi connectivity index (χ0n) is 23.4. The number of phenolic OH excluding ortho intramolecular Hbond substituents is 2. The molecule has 2 rings (SSSR count). The zero-order chi connectivity index (χ0) is 30.2. The molecule has 0 aliphatic heterocycles. The van der Waals surface area contributed by atoms with Crippen molar-refractivity contribution in [1.29, 1.82) is 0 Å². The Labute approximate surface area is 229 Å². The van der Waals surface area contributed by atoms with Crippen LogP contribution in [0.4, 0.5) is 0 Å². The van der Waals surface area contributed by atoms with Gasteiger partial charge in [-0.2, -0.15) is 0 Å². The molecule has 0 amide bonds. The van der Waals surface area contributed by atoms with E-state index in [1.54, 1.807) is 12.1 Å². The molecule has 0 saturated carbocycles. The highest BCUT2D eigenvalue weighted by Gasteiger charge is 2.38. The van der Waals surface area contributed by atoms with Crippen molar-refractivity contribution in [2.75, 3.05) is 26.4 Å². The number of aromatic hydroxyl groups is 2. The van der Waals surface area contributed by atoms with Crippen molar-refractivity contribution < 1.29 is 49.0 Å². The molecule has 10 heteroatoms. The molecular formula is C29H40O10. The Morgan fingerprint density at radius 3 is 1.31 bits per heavy atom. The minimum absolute atomic E-state index is 0.133. The summed E-state index contributed by atoms with van der Waals surface area (Å²) in [4.78, 5) is 18.5. The molecule has 0 spiro atoms. The SMILES string of the molecule is C=CC(=O)O.C=CC(=O)O.CCOc1c(O)c(OCC)c(OCC)c(C(C)(C)c2ccc(O)cc2)c1OCC. The van der Waals surface area contributed by atoms with Crippen molar-refractivity contribution in [2.24, 2.45) is 0 Å². The molecule has 2 aromatic rings. The van der Waals surface area contributed by atoms with Gasteiger partial charge in [0, 0.05) is 17.6 Å². The van der Waals surface area contributed by atoms with Gasteiger partial charge in [-0.05, 0) is 45.4 Å². The molecule has 0 fully saturated rings. The molecule has 2 aromatic carbocycles. The van der Waals surface area contributed by atoms with Crippen LogP contribution >= 0.6 is 0 Å². The Balaban J connectivity index is 0.00000123. The van der Waals surface area contributed by atoms with Crippen molar-refractivity contribution in [2.45, 2.75) is 47.0 Å². The minimum atomic E-state index is -0.981. The fourth-order valence-corrected chi connectivity index (χ4v) is 3.36. The van der Waals surface area contributed by atoms with E-state index in [0.717, 1.165) is 23.3 Å². The van der Waals surface area contributed by atoms with E-state index >= 15 is 0 Å². The van der Waals surface area contributed by atoms with Gasteiger partial charge in [0.05, 0.1) is 32.0 Å². The lowest BCUT2D eigenvalue weighted by Gasteiger charge is -2.32. The first kappa shape index (κ1) is 34.7. The molecule has 216 valence electrons. The molecule has 10 nitrogen and oxygen atoms in total. The summed E-state index contributed by atoms with van der Waals surface area (Å²) in [5, 5.41) is 35.8. The third-order valence-corrected chi connectivity index (χ3v) is 5.01. The lowest BCUT2D eigenvalue weighted by molar-refractivity contribution is -0.132. The number of aliphatic carboxylic acids is 2. The monoisotopic (exact) mass is 548 g/mol. The normalized spacial score (nSPS) is 10.0. The Morgan fingerprint density at radius 1 is 0.718 bits per heavy atom. The predicted molar refractivity (Wildman–Crippen MR) is 149 cm³/mol. The highest BCUT2D eigenvalue weighted by atomic mass is 16.5. The van der Waals surface area contributed by atoms with E-state index in [2.05, 4.69) is 13.2 Å². The summed E-state index contributed by atoms with van der Waals surface area (Å²) in [6.45, 7) is 18.9. The molecule has 39 heavy (non-hydrogen) atoms. The molecule has 4 N–H and O–H groups in total. The van der Waals surface area contributed by atoms with Crippen molar-refractivity contribution in [1.82, 2.24) is 0 Å². The van der Waals surface area contributed by atoms with Gasteiger partial charge >= 0.3 is 11.9 Å². The average Bonchev–Trinajstić information content (AvgIpc) is 2.89. The van der Waals surface area contributed by atoms with Crippen molar-refractivity contribution in [3.8, 4) is 34.5 Å². The largest absolute Gasteiger partial charge is 0.508 e. The summed E-state index contributed by atoms with van der Waals surface area (Å²) in [5.74, 6) is -0.573. The van der Waals surface area contributed by atoms with E-state index in [0.29, 0.717) is 37.9 Å². The Bertz CT molecular complexity index is 1030. The van der Waals surface area contributed by atoms with E-state index in [4.69, 9.17) is 29.2 Å². The molecule has 0 radical (unpaired) electrons. The Kier molecular flexibility index (Phi) is 15.3. The number of ether oxygens (including phenoxy) is 4. The van der Waals surface area contributed by atoms with Gasteiger partial charge in [-0.1, -0.05) is 39.1 Å². The molecule has 0 atom stereocenters. The molecule has 0 heterocycles. The number of carboxylic acid groups (broad SMARTS) is 2. The van der Waals surface area contributed by atoms with Gasteiger partial charge in [0.25, 0.3) is 0 Å². The third-order valence-electron chi connectivity index (χ3n) is 5.01. The van der Waals surface area contributed by atoms with Gasteiger partial charge in [-0.25, -0.2) is 9.59 Å². The summed E-state index contributed by atoms with van der Waals surface area (Å²) in [6, 6.07) is 7.00. The first-order valence-electron chi connectivity index (χ1n) is 12.3. The second-order valence-corrected chi connectivity index (χ2v) is 8.03. The Morgan fingerprint density at radius 2 is 1.03 bits per heavy atom. The van der Waals surface area contributed by atoms with Crippen LogP contribution in [0.1, 0.15) is 52.7 Å². The number of benzene rings is 2. The molecule has 0 aliphatic carbocycles. The van der Waals surface area contributed by atoms with Crippen LogP contribution in [-0.2, 0) is 15.0 Å². The van der Waals surface area contributed by atoms with Gasteiger partial charge in [0.1, 0.15) is 5.75 Å². The number of hydrogen-bond acceptors (Lipinski definition) is 8. The molecule has 0 bridgehead atoms. The van der Waals surface area contributed by atoms with Gasteiger partial charge in [0.15, 0.2) is 11.5 Å². The lowest BCUT2D eigenvalue weighted by atomic mass is 9.76. The van der Waals surface area contributed by atoms with Gasteiger partial charge in [0.2, 0.25) is 17.2 Å². The minimum Gasteiger partial charge on any atom is -0.508 e. The summed E-state index contributed by atoms with van der Waals surface area (Å²) >= 11 is 0. The number of carbonyl (C=O) groups is 2. The summed E-state index contributed by atoms with van der Waals surface area (Å²) in [6.07, 6.45) is 1.67. The van der Waals surface area contributed by atoms with Gasteiger partial charge in [-0.15, -0.1) is 0 Å². The summed E-state index contributed by atoms with van der Waals surface area (Å²) in [7, 11) is 0. The molecule has 0 aromatic heterocycles. The average molecular weight is 549 g/mol. The fraction of sp³-hybridized carbons (Fsp3) is 0.379. The number of phenols is 2. The van der Waals surface area contributed by atoms with Crippen molar-refractivity contribution in [3.63, 3.8) is 0 Å². The summed E-state index contributed by atoms with van der Waals surface area (Å²) < 4.78 is 23.5. The van der Waals surface area contributed by atoms with Crippen LogP contribution in [0, 0.1) is 0 Å². The fourth-order valence-electron chi connectivity index (χ4n) is 3.36. The highest BCUT2D eigenvalue weighted by Crippen LogP contribution is 2.57. The summed E-state index contributed by atoms with van der Waals surface area (Å²) in [5.41, 5.74) is 1.05. The van der Waals surface area contributed by atoms with Crippen LogP contribution in [0.2, 0.25) is 0 Å². The van der Waals surface area contributed by atoms with Crippen LogP contribution in [0.15, 0.2) is 49.6 Å². The van der Waals surface area contributed by atoms with Crippen LogP contribution in [0.25, 0.3) is 0 Å². The van der Waals surface area contributed by atoms with Crippen LogP contribution in [0.5, 0.6) is 34.5 Å². The van der Waals surface area contributed by atoms with Gasteiger partial charge < -0.3 is 39.4 Å². The first-order valence-corrected chi connectivity index (χ1v) is 12.3. The van der Waals surface area contributed by atoms with E-state index in [9.17, 15) is 19.8 Å². The number of rotatable bonds is 12. The predicted octanol–water partition coefficient (Wildman–Crippen LogP) is 5.53. The van der Waals surface area contributed by atoms with Crippen molar-refractivity contribution in [3.05, 3.63) is 60.7 Å². The van der Waals surface area contributed by atoms with Crippen LogP contribution in [0.3, 0.4) is 0 Å². The lowest BCUT2D eigenvalue weighted by Crippen LogP contribution is -2.23. The van der Waals surface area contributed by atoms with E-state index < -0.39 is 17.4 Å². The van der Waals surface area contributed by atoms with Crippen LogP contribution in [-0.4, -0.2) is 58.8 Å². The topological polar surface area (TPSA) is 152 Å².